The first-order chi connectivity index (χ1) is 18.7. The maximum atomic E-state index is 11.1. The minimum Gasteiger partial charge on any atom is -0.395 e. The molecule has 39 heavy (non-hydrogen) atoms. The van der Waals surface area contributed by atoms with E-state index in [0.717, 1.165) is 43.6 Å². The molecule has 0 aromatic carbocycles. The molecule has 0 fully saturated rings. The van der Waals surface area contributed by atoms with Crippen LogP contribution < -0.4 is 5.32 Å². The molecule has 236 valence electrons. The van der Waals surface area contributed by atoms with Crippen LogP contribution in [0.2, 0.25) is 0 Å². The van der Waals surface area contributed by atoms with Crippen molar-refractivity contribution in [2.24, 2.45) is 17.8 Å². The van der Waals surface area contributed by atoms with Crippen LogP contribution in [0.3, 0.4) is 0 Å². The molecule has 0 aromatic heterocycles. The predicted molar refractivity (Wildman–Crippen MR) is 175 cm³/mol. The van der Waals surface area contributed by atoms with E-state index in [0.29, 0.717) is 0 Å². The summed E-state index contributed by atoms with van der Waals surface area (Å²) >= 11 is 0. The van der Waals surface area contributed by atoms with Gasteiger partial charge in [-0.15, -0.1) is 0 Å². The van der Waals surface area contributed by atoms with Crippen molar-refractivity contribution in [1.29, 1.82) is 0 Å². The average Bonchev–Trinajstić information content (AvgIpc) is 2.88. The predicted octanol–water partition coefficient (Wildman–Crippen LogP) is 10.6. The van der Waals surface area contributed by atoms with Crippen molar-refractivity contribution < 1.29 is 10.2 Å². The van der Waals surface area contributed by atoms with Crippen LogP contribution >= 0.6 is 0 Å². The zero-order valence-corrected chi connectivity index (χ0v) is 27.9. The second-order valence-electron chi connectivity index (χ2n) is 14.0. The van der Waals surface area contributed by atoms with E-state index in [1.165, 1.54) is 128 Å². The van der Waals surface area contributed by atoms with Crippen molar-refractivity contribution in [2.45, 2.75) is 201 Å². The molecule has 0 spiro atoms. The Morgan fingerprint density at radius 1 is 0.564 bits per heavy atom. The van der Waals surface area contributed by atoms with Gasteiger partial charge in [0.25, 0.3) is 0 Å². The van der Waals surface area contributed by atoms with Gasteiger partial charge in [0.2, 0.25) is 0 Å². The van der Waals surface area contributed by atoms with Crippen LogP contribution in [-0.4, -0.2) is 35.0 Å². The number of aliphatic hydroxyl groups is 2. The van der Waals surface area contributed by atoms with Crippen LogP contribution in [0, 0.1) is 17.8 Å². The highest BCUT2D eigenvalue weighted by Crippen LogP contribution is 2.24. The summed E-state index contributed by atoms with van der Waals surface area (Å²) in [5, 5.41) is 24.4. The van der Waals surface area contributed by atoms with Gasteiger partial charge in [-0.2, -0.15) is 0 Å². The number of hydrogen-bond acceptors (Lipinski definition) is 3. The van der Waals surface area contributed by atoms with Crippen LogP contribution in [-0.2, 0) is 0 Å². The van der Waals surface area contributed by atoms with Crippen molar-refractivity contribution in [3.05, 3.63) is 0 Å². The normalized spacial score (nSPS) is 15.9. The number of rotatable bonds is 30. The summed E-state index contributed by atoms with van der Waals surface area (Å²) in [5.41, 5.74) is -0.838. The van der Waals surface area contributed by atoms with E-state index < -0.39 is 5.60 Å². The van der Waals surface area contributed by atoms with E-state index in [-0.39, 0.29) is 12.6 Å². The molecule has 0 radical (unpaired) electrons. The SMILES string of the molecule is CCCCCCCCCCCCCCCCNC(CO)C(C)(O)CCCC(C)CCCC(C)CCCC(C)C. The van der Waals surface area contributed by atoms with E-state index in [2.05, 4.69) is 39.9 Å². The molecule has 0 aromatic rings. The van der Waals surface area contributed by atoms with Crippen molar-refractivity contribution in [3.63, 3.8) is 0 Å². The molecule has 0 aliphatic heterocycles. The molecule has 3 heteroatoms. The third-order valence-electron chi connectivity index (χ3n) is 9.11. The molecule has 0 aliphatic carbocycles. The highest BCUT2D eigenvalue weighted by atomic mass is 16.3. The summed E-state index contributed by atoms with van der Waals surface area (Å²) in [4.78, 5) is 0. The monoisotopic (exact) mass is 554 g/mol. The Morgan fingerprint density at radius 2 is 0.974 bits per heavy atom. The Labute approximate surface area is 247 Å². The van der Waals surface area contributed by atoms with Gasteiger partial charge in [0.05, 0.1) is 18.2 Å². The summed E-state index contributed by atoms with van der Waals surface area (Å²) in [7, 11) is 0. The van der Waals surface area contributed by atoms with Crippen molar-refractivity contribution in [1.82, 2.24) is 5.32 Å². The summed E-state index contributed by atoms with van der Waals surface area (Å²) < 4.78 is 0. The highest BCUT2D eigenvalue weighted by Gasteiger charge is 2.30. The number of hydrogen-bond donors (Lipinski definition) is 3. The molecule has 0 heterocycles. The third kappa shape index (κ3) is 25.3. The lowest BCUT2D eigenvalue weighted by Crippen LogP contribution is -2.51. The average molecular weight is 554 g/mol. The van der Waals surface area contributed by atoms with Gasteiger partial charge >= 0.3 is 0 Å². The molecular formula is C36H75NO2. The van der Waals surface area contributed by atoms with Gasteiger partial charge in [-0.3, -0.25) is 0 Å². The quantitative estimate of drug-likeness (QED) is 0.0775. The lowest BCUT2D eigenvalue weighted by Gasteiger charge is -2.33. The lowest BCUT2D eigenvalue weighted by molar-refractivity contribution is -0.0109. The van der Waals surface area contributed by atoms with Crippen LogP contribution in [0.5, 0.6) is 0 Å². The molecular weight excluding hydrogens is 478 g/mol. The third-order valence-corrected chi connectivity index (χ3v) is 9.11. The smallest absolute Gasteiger partial charge is 0.0794 e. The first-order valence-electron chi connectivity index (χ1n) is 17.8. The fourth-order valence-electron chi connectivity index (χ4n) is 6.04. The summed E-state index contributed by atoms with van der Waals surface area (Å²) in [6.07, 6.45) is 30.3. The maximum absolute atomic E-state index is 11.1. The van der Waals surface area contributed by atoms with E-state index in [1.54, 1.807) is 0 Å². The molecule has 0 saturated carbocycles. The topological polar surface area (TPSA) is 52.5 Å². The van der Waals surface area contributed by atoms with Crippen LogP contribution in [0.15, 0.2) is 0 Å². The largest absolute Gasteiger partial charge is 0.395 e. The zero-order chi connectivity index (χ0) is 29.2. The Balaban J connectivity index is 3.76. The number of aliphatic hydroxyl groups excluding tert-OH is 1. The van der Waals surface area contributed by atoms with Gasteiger partial charge in [0.15, 0.2) is 0 Å². The fraction of sp³-hybridized carbons (Fsp3) is 1.00. The Morgan fingerprint density at radius 3 is 1.41 bits per heavy atom. The van der Waals surface area contributed by atoms with E-state index in [9.17, 15) is 10.2 Å². The van der Waals surface area contributed by atoms with E-state index >= 15 is 0 Å². The summed E-state index contributed by atoms with van der Waals surface area (Å²) in [5.74, 6) is 2.41. The minimum atomic E-state index is -0.838. The summed E-state index contributed by atoms with van der Waals surface area (Å²) in [6, 6.07) is -0.221. The van der Waals surface area contributed by atoms with Gasteiger partial charge in [-0.1, -0.05) is 169 Å². The van der Waals surface area contributed by atoms with Gasteiger partial charge in [-0.25, -0.2) is 0 Å². The Hall–Kier alpha value is -0.120. The second-order valence-corrected chi connectivity index (χ2v) is 14.0. The lowest BCUT2D eigenvalue weighted by atomic mass is 9.87. The van der Waals surface area contributed by atoms with E-state index in [4.69, 9.17) is 0 Å². The van der Waals surface area contributed by atoms with Crippen molar-refractivity contribution in [2.75, 3.05) is 13.2 Å². The Kier molecular flexibility index (Phi) is 26.7. The molecule has 4 unspecified atom stereocenters. The van der Waals surface area contributed by atoms with Crippen molar-refractivity contribution in [3.8, 4) is 0 Å². The van der Waals surface area contributed by atoms with Crippen molar-refractivity contribution >= 4 is 0 Å². The molecule has 0 saturated heterocycles. The molecule has 0 amide bonds. The highest BCUT2D eigenvalue weighted by molar-refractivity contribution is 4.87. The minimum absolute atomic E-state index is 0.00978. The Bertz CT molecular complexity index is 492. The van der Waals surface area contributed by atoms with Gasteiger partial charge < -0.3 is 15.5 Å². The molecule has 3 nitrogen and oxygen atoms in total. The number of nitrogens with one attached hydrogen (secondary N) is 1. The second kappa shape index (κ2) is 26.8. The molecule has 4 atom stereocenters. The molecule has 3 N–H and O–H groups in total. The molecule has 0 rings (SSSR count). The molecule has 0 aliphatic rings. The van der Waals surface area contributed by atoms with Gasteiger partial charge in [0.1, 0.15) is 0 Å². The fourth-order valence-corrected chi connectivity index (χ4v) is 6.04. The zero-order valence-electron chi connectivity index (χ0n) is 27.9. The standard InChI is InChI=1S/C36H75NO2/c1-7-8-9-10-11-12-13-14-15-16-17-18-19-20-30-37-35(31-38)36(6,39)29-23-28-34(5)27-22-26-33(4)25-21-24-32(2)3/h32-35,37-39H,7-31H2,1-6H3. The summed E-state index contributed by atoms with van der Waals surface area (Å²) in [6.45, 7) is 14.5. The first-order valence-corrected chi connectivity index (χ1v) is 17.8. The van der Waals surface area contributed by atoms with E-state index in [1.807, 2.05) is 6.92 Å². The number of unbranched alkanes of at least 4 members (excludes halogenated alkanes) is 13. The van der Waals surface area contributed by atoms with Gasteiger partial charge in [-0.05, 0) is 44.1 Å². The van der Waals surface area contributed by atoms with Crippen LogP contribution in [0.4, 0.5) is 0 Å². The maximum Gasteiger partial charge on any atom is 0.0794 e. The van der Waals surface area contributed by atoms with Gasteiger partial charge in [0, 0.05) is 0 Å². The van der Waals surface area contributed by atoms with Crippen LogP contribution in [0.25, 0.3) is 0 Å². The first kappa shape index (κ1) is 38.9. The van der Waals surface area contributed by atoms with Crippen LogP contribution in [0.1, 0.15) is 189 Å². The molecule has 0 bridgehead atoms.